The van der Waals surface area contributed by atoms with Crippen LogP contribution in [-0.4, -0.2) is 17.9 Å². The van der Waals surface area contributed by atoms with Crippen LogP contribution < -0.4 is 10.7 Å². The highest BCUT2D eigenvalue weighted by Crippen LogP contribution is 2.21. The van der Waals surface area contributed by atoms with E-state index in [0.29, 0.717) is 15.2 Å². The lowest BCUT2D eigenvalue weighted by Gasteiger charge is -2.07. The van der Waals surface area contributed by atoms with Crippen molar-refractivity contribution in [3.63, 3.8) is 0 Å². The average molecular weight is 501 g/mol. The lowest BCUT2D eigenvalue weighted by Crippen LogP contribution is -2.32. The highest BCUT2D eigenvalue weighted by molar-refractivity contribution is 7.80. The first-order valence-corrected chi connectivity index (χ1v) is 13.8. The van der Waals surface area contributed by atoms with Gasteiger partial charge in [-0.1, -0.05) is 133 Å². The first-order valence-electron chi connectivity index (χ1n) is 12.7. The van der Waals surface area contributed by atoms with Gasteiger partial charge in [0.15, 0.2) is 5.11 Å². The lowest BCUT2D eigenvalue weighted by molar-refractivity contribution is 0.529. The van der Waals surface area contributed by atoms with Crippen LogP contribution in [0.3, 0.4) is 0 Å². The molecule has 0 aliphatic rings. The standard InChI is InChI=1S/C26H43Cl2N3S/c1-2-3-4-5-6-7-8-9-10-11-12-13-14-15-16-17-20-29-26(32)31-30-22-23-18-19-24(27)25(28)21-23/h18-19,21-22H,2-17,20H2,1H3,(H2,29,31,32). The number of rotatable bonds is 19. The van der Waals surface area contributed by atoms with E-state index in [1.165, 1.54) is 96.3 Å². The molecule has 0 aromatic heterocycles. The Hall–Kier alpha value is -0.840. The molecule has 0 saturated carbocycles. The van der Waals surface area contributed by atoms with Crippen molar-refractivity contribution in [1.82, 2.24) is 10.7 Å². The molecule has 1 aromatic carbocycles. The summed E-state index contributed by atoms with van der Waals surface area (Å²) in [4.78, 5) is 0. The van der Waals surface area contributed by atoms with E-state index in [1.807, 2.05) is 6.07 Å². The predicted molar refractivity (Wildman–Crippen MR) is 147 cm³/mol. The van der Waals surface area contributed by atoms with Gasteiger partial charge >= 0.3 is 0 Å². The van der Waals surface area contributed by atoms with Crippen LogP contribution in [0.15, 0.2) is 23.3 Å². The van der Waals surface area contributed by atoms with Crippen LogP contribution in [0.5, 0.6) is 0 Å². The minimum absolute atomic E-state index is 0.514. The summed E-state index contributed by atoms with van der Waals surface area (Å²) in [7, 11) is 0. The minimum Gasteiger partial charge on any atom is -0.361 e. The van der Waals surface area contributed by atoms with Gasteiger partial charge in [-0.15, -0.1) is 0 Å². The fourth-order valence-corrected chi connectivity index (χ4v) is 4.13. The molecule has 0 aliphatic carbocycles. The highest BCUT2D eigenvalue weighted by atomic mass is 35.5. The number of halogens is 2. The summed E-state index contributed by atoms with van der Waals surface area (Å²) in [6.07, 6.45) is 23.8. The Labute approximate surface area is 212 Å². The number of benzene rings is 1. The van der Waals surface area contributed by atoms with Gasteiger partial charge < -0.3 is 5.32 Å². The zero-order valence-electron chi connectivity index (χ0n) is 19.9. The van der Waals surface area contributed by atoms with E-state index >= 15 is 0 Å². The molecule has 0 spiro atoms. The molecule has 0 unspecified atom stereocenters. The van der Waals surface area contributed by atoms with Crippen LogP contribution in [0.1, 0.15) is 115 Å². The fraction of sp³-hybridized carbons (Fsp3) is 0.692. The third-order valence-electron chi connectivity index (χ3n) is 5.64. The quantitative estimate of drug-likeness (QED) is 0.0861. The van der Waals surface area contributed by atoms with Gasteiger partial charge in [-0.3, -0.25) is 5.43 Å². The zero-order chi connectivity index (χ0) is 23.3. The maximum absolute atomic E-state index is 5.99. The van der Waals surface area contributed by atoms with Crippen molar-refractivity contribution < 1.29 is 0 Å². The molecule has 32 heavy (non-hydrogen) atoms. The van der Waals surface area contributed by atoms with E-state index in [9.17, 15) is 0 Å². The highest BCUT2D eigenvalue weighted by Gasteiger charge is 1.98. The molecule has 6 heteroatoms. The summed E-state index contributed by atoms with van der Waals surface area (Å²) in [5, 5.41) is 8.92. The number of nitrogens with zero attached hydrogens (tertiary/aromatic N) is 1. The van der Waals surface area contributed by atoms with E-state index in [0.717, 1.165) is 18.5 Å². The normalized spacial score (nSPS) is 11.2. The van der Waals surface area contributed by atoms with Crippen molar-refractivity contribution in [2.75, 3.05) is 6.54 Å². The number of hydrazone groups is 1. The molecule has 0 bridgehead atoms. The molecule has 1 aromatic rings. The second-order valence-electron chi connectivity index (χ2n) is 8.60. The van der Waals surface area contributed by atoms with Crippen LogP contribution in [-0.2, 0) is 0 Å². The first-order chi connectivity index (χ1) is 15.6. The second-order valence-corrected chi connectivity index (χ2v) is 9.83. The summed E-state index contributed by atoms with van der Waals surface area (Å²) in [6.45, 7) is 3.17. The van der Waals surface area contributed by atoms with Gasteiger partial charge in [-0.2, -0.15) is 5.10 Å². The minimum atomic E-state index is 0.514. The van der Waals surface area contributed by atoms with Crippen LogP contribution >= 0.6 is 35.4 Å². The molecular formula is C26H43Cl2N3S. The molecule has 0 fully saturated rings. The predicted octanol–water partition coefficient (Wildman–Crippen LogP) is 9.05. The number of hydrogen-bond acceptors (Lipinski definition) is 2. The second kappa shape index (κ2) is 20.7. The van der Waals surface area contributed by atoms with Crippen molar-refractivity contribution in [3.05, 3.63) is 33.8 Å². The monoisotopic (exact) mass is 499 g/mol. The number of hydrogen-bond donors (Lipinski definition) is 2. The lowest BCUT2D eigenvalue weighted by atomic mass is 10.0. The molecule has 0 saturated heterocycles. The summed E-state index contributed by atoms with van der Waals surface area (Å²) < 4.78 is 0. The van der Waals surface area contributed by atoms with Crippen molar-refractivity contribution in [3.8, 4) is 0 Å². The SMILES string of the molecule is CCCCCCCCCCCCCCCCCCNC(=S)NN=Cc1ccc(Cl)c(Cl)c1. The molecule has 182 valence electrons. The van der Waals surface area contributed by atoms with Gasteiger partial charge in [0.25, 0.3) is 0 Å². The van der Waals surface area contributed by atoms with Gasteiger partial charge in [-0.05, 0) is 36.3 Å². The molecular weight excluding hydrogens is 457 g/mol. The molecule has 0 heterocycles. The van der Waals surface area contributed by atoms with E-state index in [2.05, 4.69) is 22.8 Å². The van der Waals surface area contributed by atoms with Crippen molar-refractivity contribution in [2.24, 2.45) is 5.10 Å². The summed E-state index contributed by atoms with van der Waals surface area (Å²) in [6, 6.07) is 5.37. The summed E-state index contributed by atoms with van der Waals surface area (Å²) in [5.74, 6) is 0. The summed E-state index contributed by atoms with van der Waals surface area (Å²) in [5.41, 5.74) is 3.70. The van der Waals surface area contributed by atoms with E-state index in [1.54, 1.807) is 18.3 Å². The van der Waals surface area contributed by atoms with Gasteiger partial charge in [0.1, 0.15) is 0 Å². The summed E-state index contributed by atoms with van der Waals surface area (Å²) >= 11 is 17.1. The number of unbranched alkanes of at least 4 members (excludes halogenated alkanes) is 15. The van der Waals surface area contributed by atoms with E-state index < -0.39 is 0 Å². The maximum Gasteiger partial charge on any atom is 0.186 e. The van der Waals surface area contributed by atoms with Gasteiger partial charge in [0.2, 0.25) is 0 Å². The Kier molecular flexibility index (Phi) is 18.9. The van der Waals surface area contributed by atoms with E-state index in [4.69, 9.17) is 35.4 Å². The topological polar surface area (TPSA) is 36.4 Å². The first kappa shape index (κ1) is 29.2. The third-order valence-corrected chi connectivity index (χ3v) is 6.61. The van der Waals surface area contributed by atoms with Crippen molar-refractivity contribution in [1.29, 1.82) is 0 Å². The Balaban J connectivity index is 1.84. The molecule has 0 amide bonds. The Morgan fingerprint density at radius 3 is 1.78 bits per heavy atom. The number of nitrogens with one attached hydrogen (secondary N) is 2. The van der Waals surface area contributed by atoms with Crippen LogP contribution in [0.25, 0.3) is 0 Å². The molecule has 2 N–H and O–H groups in total. The molecule has 1 rings (SSSR count). The van der Waals surface area contributed by atoms with Gasteiger partial charge in [0, 0.05) is 6.54 Å². The van der Waals surface area contributed by atoms with E-state index in [-0.39, 0.29) is 0 Å². The molecule has 3 nitrogen and oxygen atoms in total. The van der Waals surface area contributed by atoms with Crippen LogP contribution in [0, 0.1) is 0 Å². The molecule has 0 aliphatic heterocycles. The molecule has 0 radical (unpaired) electrons. The Bertz CT molecular complexity index is 637. The molecule has 0 atom stereocenters. The average Bonchev–Trinajstić information content (AvgIpc) is 2.78. The van der Waals surface area contributed by atoms with Gasteiger partial charge in [0.05, 0.1) is 16.3 Å². The fourth-order valence-electron chi connectivity index (χ4n) is 3.67. The van der Waals surface area contributed by atoms with Crippen molar-refractivity contribution >= 4 is 46.7 Å². The smallest absolute Gasteiger partial charge is 0.186 e. The Morgan fingerprint density at radius 2 is 1.28 bits per heavy atom. The Morgan fingerprint density at radius 1 is 0.781 bits per heavy atom. The number of thiocarbonyl (C=S) groups is 1. The zero-order valence-corrected chi connectivity index (χ0v) is 22.3. The third kappa shape index (κ3) is 16.7. The maximum atomic E-state index is 5.99. The van der Waals surface area contributed by atoms with Crippen LogP contribution in [0.2, 0.25) is 10.0 Å². The van der Waals surface area contributed by atoms with Crippen molar-refractivity contribution in [2.45, 2.75) is 110 Å². The van der Waals surface area contributed by atoms with Crippen LogP contribution in [0.4, 0.5) is 0 Å². The largest absolute Gasteiger partial charge is 0.361 e. The van der Waals surface area contributed by atoms with Gasteiger partial charge in [-0.25, -0.2) is 0 Å².